The summed E-state index contributed by atoms with van der Waals surface area (Å²) < 4.78 is 0. The maximum absolute atomic E-state index is 12.3. The fraction of sp³-hybridized carbons (Fsp3) is 0.316. The van der Waals surface area contributed by atoms with Gasteiger partial charge in [0.05, 0.1) is 0 Å². The molecule has 0 unspecified atom stereocenters. The average molecular weight is 309 g/mol. The standard InChI is InChI=1S/C19H23N3O/c20-17-6-8-18(9-7-17)22-12-10-16(11-13-22)19(23)21-14-15-4-2-1-3-5-15/h1-9,16H,10-14,20H2,(H,21,23). The minimum atomic E-state index is 0.115. The van der Waals surface area contributed by atoms with Crippen LogP contribution in [0.1, 0.15) is 18.4 Å². The lowest BCUT2D eigenvalue weighted by Crippen LogP contribution is -2.40. The molecule has 23 heavy (non-hydrogen) atoms. The largest absolute Gasteiger partial charge is 0.399 e. The van der Waals surface area contributed by atoms with Crippen molar-refractivity contribution in [2.75, 3.05) is 23.7 Å². The van der Waals surface area contributed by atoms with Crippen LogP contribution in [0, 0.1) is 5.92 Å². The van der Waals surface area contributed by atoms with Crippen LogP contribution in [-0.2, 0) is 11.3 Å². The van der Waals surface area contributed by atoms with Crippen LogP contribution in [-0.4, -0.2) is 19.0 Å². The number of hydrogen-bond donors (Lipinski definition) is 2. The minimum Gasteiger partial charge on any atom is -0.399 e. The van der Waals surface area contributed by atoms with E-state index in [0.29, 0.717) is 6.54 Å². The first-order valence-electron chi connectivity index (χ1n) is 8.14. The highest BCUT2D eigenvalue weighted by Gasteiger charge is 2.24. The van der Waals surface area contributed by atoms with Gasteiger partial charge in [0.25, 0.3) is 0 Å². The summed E-state index contributed by atoms with van der Waals surface area (Å²) in [7, 11) is 0. The summed E-state index contributed by atoms with van der Waals surface area (Å²) in [5.41, 5.74) is 8.83. The molecule has 2 aromatic carbocycles. The fourth-order valence-corrected chi connectivity index (χ4v) is 3.01. The summed E-state index contributed by atoms with van der Waals surface area (Å²) in [6, 6.07) is 18.0. The Labute approximate surface area is 137 Å². The number of nitrogens with two attached hydrogens (primary N) is 1. The molecule has 120 valence electrons. The molecule has 1 fully saturated rings. The third-order valence-corrected chi connectivity index (χ3v) is 4.43. The van der Waals surface area contributed by atoms with Crippen molar-refractivity contribution in [2.24, 2.45) is 5.92 Å². The van der Waals surface area contributed by atoms with Crippen LogP contribution in [0.2, 0.25) is 0 Å². The van der Waals surface area contributed by atoms with Gasteiger partial charge in [-0.15, -0.1) is 0 Å². The number of rotatable bonds is 4. The maximum Gasteiger partial charge on any atom is 0.223 e. The number of anilines is 2. The normalized spacial score (nSPS) is 15.4. The van der Waals surface area contributed by atoms with E-state index in [9.17, 15) is 4.79 Å². The van der Waals surface area contributed by atoms with Gasteiger partial charge in [-0.3, -0.25) is 4.79 Å². The zero-order chi connectivity index (χ0) is 16.1. The molecule has 0 bridgehead atoms. The summed E-state index contributed by atoms with van der Waals surface area (Å²) in [5.74, 6) is 0.287. The minimum absolute atomic E-state index is 0.115. The van der Waals surface area contributed by atoms with E-state index in [1.54, 1.807) is 0 Å². The first-order valence-corrected chi connectivity index (χ1v) is 8.14. The van der Waals surface area contributed by atoms with Gasteiger partial charge in [0.15, 0.2) is 0 Å². The van der Waals surface area contributed by atoms with E-state index >= 15 is 0 Å². The molecule has 1 aliphatic heterocycles. The van der Waals surface area contributed by atoms with Crippen molar-refractivity contribution in [3.63, 3.8) is 0 Å². The van der Waals surface area contributed by atoms with Gasteiger partial charge < -0.3 is 16.0 Å². The van der Waals surface area contributed by atoms with Crippen LogP contribution in [0.25, 0.3) is 0 Å². The molecule has 2 aromatic rings. The summed E-state index contributed by atoms with van der Waals surface area (Å²) in [5, 5.41) is 3.06. The lowest BCUT2D eigenvalue weighted by Gasteiger charge is -2.33. The van der Waals surface area contributed by atoms with Gasteiger partial charge in [-0.1, -0.05) is 30.3 Å². The quantitative estimate of drug-likeness (QED) is 0.854. The smallest absolute Gasteiger partial charge is 0.223 e. The Bertz CT molecular complexity index is 631. The molecule has 1 saturated heterocycles. The van der Waals surface area contributed by atoms with Gasteiger partial charge >= 0.3 is 0 Å². The molecular weight excluding hydrogens is 286 g/mol. The van der Waals surface area contributed by atoms with Gasteiger partial charge in [0, 0.05) is 36.9 Å². The van der Waals surface area contributed by atoms with E-state index in [1.165, 1.54) is 5.69 Å². The van der Waals surface area contributed by atoms with Crippen LogP contribution in [0.4, 0.5) is 11.4 Å². The van der Waals surface area contributed by atoms with Gasteiger partial charge in [0.2, 0.25) is 5.91 Å². The topological polar surface area (TPSA) is 58.4 Å². The molecular formula is C19H23N3O. The number of nitrogens with zero attached hydrogens (tertiary/aromatic N) is 1. The highest BCUT2D eigenvalue weighted by molar-refractivity contribution is 5.79. The molecule has 0 spiro atoms. The van der Waals surface area contributed by atoms with E-state index in [1.807, 2.05) is 54.6 Å². The molecule has 1 aliphatic rings. The van der Waals surface area contributed by atoms with Crippen LogP contribution >= 0.6 is 0 Å². The fourth-order valence-electron chi connectivity index (χ4n) is 3.01. The van der Waals surface area contributed by atoms with E-state index in [-0.39, 0.29) is 11.8 Å². The summed E-state index contributed by atoms with van der Waals surface area (Å²) >= 11 is 0. The molecule has 0 saturated carbocycles. The predicted molar refractivity (Wildman–Crippen MR) is 94.1 cm³/mol. The van der Waals surface area contributed by atoms with Gasteiger partial charge in [-0.2, -0.15) is 0 Å². The Morgan fingerprint density at radius 3 is 2.35 bits per heavy atom. The Kier molecular flexibility index (Phi) is 4.81. The number of nitrogen functional groups attached to an aromatic ring is 1. The number of amides is 1. The predicted octanol–water partition coefficient (Wildman–Crippen LogP) is 2.80. The van der Waals surface area contributed by atoms with Crippen molar-refractivity contribution in [3.8, 4) is 0 Å². The number of piperidine rings is 1. The number of carbonyl (C=O) groups excluding carboxylic acids is 1. The lowest BCUT2D eigenvalue weighted by molar-refractivity contribution is -0.125. The molecule has 0 radical (unpaired) electrons. The number of carbonyl (C=O) groups is 1. The molecule has 4 nitrogen and oxygen atoms in total. The Hall–Kier alpha value is -2.49. The lowest BCUT2D eigenvalue weighted by atomic mass is 9.95. The second kappa shape index (κ2) is 7.18. The Balaban J connectivity index is 1.48. The molecule has 3 N–H and O–H groups in total. The first-order chi connectivity index (χ1) is 11.2. The molecule has 4 heteroatoms. The van der Waals surface area contributed by atoms with E-state index in [4.69, 9.17) is 5.73 Å². The molecule has 0 aromatic heterocycles. The Morgan fingerprint density at radius 2 is 1.70 bits per heavy atom. The van der Waals surface area contributed by atoms with Crippen molar-refractivity contribution in [1.29, 1.82) is 0 Å². The maximum atomic E-state index is 12.3. The average Bonchev–Trinajstić information content (AvgIpc) is 2.61. The monoisotopic (exact) mass is 309 g/mol. The van der Waals surface area contributed by atoms with Crippen LogP contribution in [0.5, 0.6) is 0 Å². The second-order valence-electron chi connectivity index (χ2n) is 6.06. The van der Waals surface area contributed by atoms with Gasteiger partial charge in [0.1, 0.15) is 0 Å². The highest BCUT2D eigenvalue weighted by Crippen LogP contribution is 2.24. The van der Waals surface area contributed by atoms with Crippen molar-refractivity contribution in [2.45, 2.75) is 19.4 Å². The zero-order valence-electron chi connectivity index (χ0n) is 13.2. The van der Waals surface area contributed by atoms with E-state index in [0.717, 1.165) is 37.2 Å². The molecule has 1 amide bonds. The van der Waals surface area contributed by atoms with E-state index in [2.05, 4.69) is 10.2 Å². The second-order valence-corrected chi connectivity index (χ2v) is 6.06. The van der Waals surface area contributed by atoms with Crippen LogP contribution < -0.4 is 16.0 Å². The third kappa shape index (κ3) is 4.03. The number of hydrogen-bond acceptors (Lipinski definition) is 3. The molecule has 0 atom stereocenters. The number of benzene rings is 2. The van der Waals surface area contributed by atoms with Crippen molar-refractivity contribution in [3.05, 3.63) is 60.2 Å². The summed E-state index contributed by atoms with van der Waals surface area (Å²) in [6.45, 7) is 2.43. The SMILES string of the molecule is Nc1ccc(N2CCC(C(=O)NCc3ccccc3)CC2)cc1. The van der Waals surface area contributed by atoms with Crippen LogP contribution in [0.3, 0.4) is 0 Å². The van der Waals surface area contributed by atoms with Gasteiger partial charge in [-0.05, 0) is 42.7 Å². The summed E-state index contributed by atoms with van der Waals surface area (Å²) in [4.78, 5) is 14.6. The third-order valence-electron chi connectivity index (χ3n) is 4.43. The highest BCUT2D eigenvalue weighted by atomic mass is 16.1. The number of nitrogens with one attached hydrogen (secondary N) is 1. The first kappa shape index (κ1) is 15.4. The zero-order valence-corrected chi connectivity index (χ0v) is 13.2. The van der Waals surface area contributed by atoms with E-state index < -0.39 is 0 Å². The van der Waals surface area contributed by atoms with Crippen molar-refractivity contribution >= 4 is 17.3 Å². The molecule has 0 aliphatic carbocycles. The van der Waals surface area contributed by atoms with Crippen molar-refractivity contribution < 1.29 is 4.79 Å². The molecule has 3 rings (SSSR count). The van der Waals surface area contributed by atoms with Crippen LogP contribution in [0.15, 0.2) is 54.6 Å². The summed E-state index contributed by atoms with van der Waals surface area (Å²) in [6.07, 6.45) is 1.79. The molecule has 1 heterocycles. The van der Waals surface area contributed by atoms with Gasteiger partial charge in [-0.25, -0.2) is 0 Å². The Morgan fingerprint density at radius 1 is 1.04 bits per heavy atom. The van der Waals surface area contributed by atoms with Crippen molar-refractivity contribution in [1.82, 2.24) is 5.32 Å².